The molecular weight excluding hydrogens is 588 g/mol. The van der Waals surface area contributed by atoms with E-state index in [4.69, 9.17) is 0 Å². The van der Waals surface area contributed by atoms with Crippen molar-refractivity contribution in [2.24, 2.45) is 0 Å². The van der Waals surface area contributed by atoms with Gasteiger partial charge in [0.15, 0.2) is 0 Å². The van der Waals surface area contributed by atoms with E-state index in [9.17, 15) is 0 Å². The predicted molar refractivity (Wildman–Crippen MR) is 142 cm³/mol. The van der Waals surface area contributed by atoms with Crippen LogP contribution in [0.2, 0.25) is 0 Å². The first-order valence-electron chi connectivity index (χ1n) is 13.6. The van der Waals surface area contributed by atoms with Gasteiger partial charge in [-0.25, -0.2) is 0 Å². The molecule has 0 spiro atoms. The second kappa shape index (κ2) is 13.0. The minimum absolute atomic E-state index is 0.00541. The molecule has 0 saturated carbocycles. The van der Waals surface area contributed by atoms with Crippen LogP contribution >= 0.6 is 0 Å². The van der Waals surface area contributed by atoms with Gasteiger partial charge in [0.1, 0.15) is 0 Å². The average molecular weight is 618 g/mol. The molecule has 0 atom stereocenters. The van der Waals surface area contributed by atoms with Gasteiger partial charge in [-0.3, -0.25) is 0 Å². The van der Waals surface area contributed by atoms with Crippen molar-refractivity contribution in [3.05, 3.63) is 90.7 Å². The topological polar surface area (TPSA) is 24.1 Å². The molecule has 41 heavy (non-hydrogen) atoms. The Morgan fingerprint density at radius 3 is 1.17 bits per heavy atom. The average Bonchev–Trinajstić information content (AvgIpc) is 3.70. The molecule has 2 aromatic rings. The summed E-state index contributed by atoms with van der Waals surface area (Å²) >= 11 is -5.81. The van der Waals surface area contributed by atoms with Crippen molar-refractivity contribution >= 4 is 19.1 Å². The van der Waals surface area contributed by atoms with Gasteiger partial charge < -0.3 is 0 Å². The Balaban J connectivity index is 2.12. The Morgan fingerprint density at radius 2 is 0.902 bits per heavy atom. The van der Waals surface area contributed by atoms with Gasteiger partial charge in [0.05, 0.1) is 0 Å². The van der Waals surface area contributed by atoms with Gasteiger partial charge in [-0.05, 0) is 0 Å². The van der Waals surface area contributed by atoms with Crippen LogP contribution in [0.25, 0.3) is 0 Å². The van der Waals surface area contributed by atoms with Crippen LogP contribution in [-0.4, -0.2) is 13.1 Å². The van der Waals surface area contributed by atoms with Crippen LogP contribution in [0.5, 0.6) is 0 Å². The number of rotatable bonds is 12. The molecule has 11 heteroatoms. The van der Waals surface area contributed by atoms with Crippen molar-refractivity contribution in [1.82, 2.24) is 0 Å². The fourth-order valence-electron chi connectivity index (χ4n) is 5.44. The fourth-order valence-corrected chi connectivity index (χ4v) is 13.6. The summed E-state index contributed by atoms with van der Waals surface area (Å²) < 4.78 is 124. The summed E-state index contributed by atoms with van der Waals surface area (Å²) in [4.78, 5) is 0. The van der Waals surface area contributed by atoms with E-state index in [2.05, 4.69) is 10.6 Å². The summed E-state index contributed by atoms with van der Waals surface area (Å²) in [5, 5.41) is 4.71. The van der Waals surface area contributed by atoms with Gasteiger partial charge >= 0.3 is 238 Å². The number of anilines is 2. The molecule has 2 N–H and O–H groups in total. The first kappa shape index (κ1) is 31.1. The van der Waals surface area contributed by atoms with Crippen LogP contribution in [0.15, 0.2) is 44.2 Å². The van der Waals surface area contributed by atoms with Gasteiger partial charge in [-0.1, -0.05) is 0 Å². The van der Waals surface area contributed by atoms with Crippen LogP contribution in [-0.2, 0) is 16.6 Å². The number of hydrogen-bond acceptors (Lipinski definition) is 2. The summed E-state index contributed by atoms with van der Waals surface area (Å²) in [5.74, 6) is -14.5. The van der Waals surface area contributed by atoms with Crippen molar-refractivity contribution in [1.29, 1.82) is 0 Å². The van der Waals surface area contributed by atoms with Crippen LogP contribution in [0.4, 0.5) is 46.5 Å². The van der Waals surface area contributed by atoms with Gasteiger partial charge in [-0.2, -0.15) is 0 Å². The maximum atomic E-state index is 16.1. The predicted octanol–water partition coefficient (Wildman–Crippen LogP) is 8.02. The summed E-state index contributed by atoms with van der Waals surface area (Å²) in [6.07, 6.45) is 10.6. The molecule has 2 aliphatic carbocycles. The Morgan fingerprint density at radius 1 is 0.561 bits per heavy atom. The number of nitrogens with one attached hydrogen (secondary N) is 2. The molecule has 2 nitrogen and oxygen atoms in total. The number of halogens is 8. The molecule has 0 bridgehead atoms. The normalized spacial score (nSPS) is 14.6. The van der Waals surface area contributed by atoms with E-state index in [-0.39, 0.29) is 33.7 Å². The van der Waals surface area contributed by atoms with Crippen molar-refractivity contribution in [3.63, 3.8) is 0 Å². The van der Waals surface area contributed by atoms with E-state index in [1.165, 1.54) is 36.5 Å². The van der Waals surface area contributed by atoms with Crippen molar-refractivity contribution in [2.75, 3.05) is 23.7 Å². The quantitative estimate of drug-likeness (QED) is 0.109. The molecule has 0 radical (unpaired) electrons. The zero-order valence-electron chi connectivity index (χ0n) is 22.6. The monoisotopic (exact) mass is 618 g/mol. The third-order valence-electron chi connectivity index (χ3n) is 7.45. The van der Waals surface area contributed by atoms with Crippen molar-refractivity contribution in [3.8, 4) is 0 Å². The van der Waals surface area contributed by atoms with Crippen molar-refractivity contribution in [2.45, 2.75) is 52.4 Å². The van der Waals surface area contributed by atoms with E-state index >= 15 is 35.1 Å². The second-order valence-electron chi connectivity index (χ2n) is 9.97. The summed E-state index contributed by atoms with van der Waals surface area (Å²) in [5.41, 5.74) is -2.11. The summed E-state index contributed by atoms with van der Waals surface area (Å²) in [6.45, 7) is 3.62. The Kier molecular flexibility index (Phi) is 9.85. The molecular formula is C30H30F8N2Ti. The van der Waals surface area contributed by atoms with Gasteiger partial charge in [0.25, 0.3) is 0 Å². The molecule has 220 valence electrons. The molecule has 0 amide bonds. The molecule has 0 heterocycles. The van der Waals surface area contributed by atoms with Crippen molar-refractivity contribution < 1.29 is 51.7 Å². The number of unbranched alkanes of at least 4 members (excludes halogenated alkanes) is 2. The van der Waals surface area contributed by atoms with Gasteiger partial charge in [0, 0.05) is 0 Å². The van der Waals surface area contributed by atoms with Crippen LogP contribution < -0.4 is 18.4 Å². The first-order chi connectivity index (χ1) is 19.6. The molecule has 4 rings (SSSR count). The van der Waals surface area contributed by atoms with Crippen LogP contribution in [0.3, 0.4) is 0 Å². The second-order valence-corrected chi connectivity index (χ2v) is 15.9. The van der Waals surface area contributed by atoms with E-state index in [0.29, 0.717) is 25.7 Å². The van der Waals surface area contributed by atoms with Gasteiger partial charge in [0.2, 0.25) is 0 Å². The fraction of sp³-hybridized carbons (Fsp3) is 0.333. The number of hydrogen-bond donors (Lipinski definition) is 2. The number of allylic oxidation sites excluding steroid dienone is 8. The summed E-state index contributed by atoms with van der Waals surface area (Å²) in [6, 6.07) is 0. The van der Waals surface area contributed by atoms with Crippen LogP contribution in [0.1, 0.15) is 52.4 Å². The van der Waals surface area contributed by atoms with Gasteiger partial charge in [-0.15, -0.1) is 0 Å². The van der Waals surface area contributed by atoms with E-state index in [1.54, 1.807) is 13.8 Å². The Labute approximate surface area is 237 Å². The van der Waals surface area contributed by atoms with Crippen LogP contribution in [0, 0.1) is 46.5 Å². The molecule has 0 aliphatic heterocycles. The standard InChI is InChI=1S/2C10H10F4N.2C5H5.Ti/c2*1-2-3-4-15-10-8(13)6(11)5-7(12)9(10)14;2*1-2-4-5-3-1;/h2*15H,2-4H2,1H3;2*1-3H,4H2;. The zero-order chi connectivity index (χ0) is 29.9. The molecule has 0 unspecified atom stereocenters. The third-order valence-corrected chi connectivity index (χ3v) is 15.3. The Hall–Kier alpha value is -2.85. The SMILES string of the molecule is CCCCNc1c(F)c(F)[c]([Ti]([C]2=CC=CC2)([C]2=CC=CC2)[c]2c(F)c(F)c(NCCCC)c(F)c2F)c(F)c1F. The molecule has 0 fully saturated rings. The molecule has 2 aliphatic rings. The Bertz CT molecular complexity index is 1290. The van der Waals surface area contributed by atoms with E-state index < -0.39 is 82.2 Å². The first-order valence-corrected chi connectivity index (χ1v) is 16.7. The zero-order valence-corrected chi connectivity index (χ0v) is 24.2. The molecule has 0 aromatic heterocycles. The third kappa shape index (κ3) is 5.29. The molecule has 2 aromatic carbocycles. The molecule has 0 saturated heterocycles. The minimum atomic E-state index is -5.81. The maximum absolute atomic E-state index is 16.1. The summed E-state index contributed by atoms with van der Waals surface area (Å²) in [7, 11) is 0. The van der Waals surface area contributed by atoms with E-state index in [1.807, 2.05) is 0 Å². The number of benzene rings is 2. The van der Waals surface area contributed by atoms with E-state index in [0.717, 1.165) is 0 Å².